The van der Waals surface area contributed by atoms with Crippen LogP contribution in [0.25, 0.3) is 0 Å². The lowest BCUT2D eigenvalue weighted by Gasteiger charge is -2.06. The van der Waals surface area contributed by atoms with Crippen LogP contribution in [0, 0.1) is 17.0 Å². The largest absolute Gasteiger partial charge is 0.299 e. The fourth-order valence-corrected chi connectivity index (χ4v) is 1.46. The molecule has 0 N–H and O–H groups in total. The summed E-state index contributed by atoms with van der Waals surface area (Å²) in [5, 5.41) is 9.37. The van der Waals surface area contributed by atoms with Gasteiger partial charge in [-0.25, -0.2) is 13.8 Å². The average Bonchev–Trinajstić information content (AvgIpc) is 2.15. The smallest absolute Gasteiger partial charge is 0.275 e. The molecule has 5 nitrogen and oxygen atoms in total. The summed E-state index contributed by atoms with van der Waals surface area (Å²) in [5.41, 5.74) is -2.18. The number of carbonyl (C=O) groups is 1. The average molecular weight is 251 g/mol. The van der Waals surface area contributed by atoms with E-state index in [1.54, 1.807) is 0 Å². The number of alkyl halides is 2. The molecule has 1 aromatic rings. The molecule has 16 heavy (non-hydrogen) atoms. The van der Waals surface area contributed by atoms with Gasteiger partial charge in [-0.2, -0.15) is 0 Å². The summed E-state index contributed by atoms with van der Waals surface area (Å²) < 4.78 is 24.8. The topological polar surface area (TPSA) is 73.1 Å². The Kier molecular flexibility index (Phi) is 3.48. The molecule has 1 aromatic heterocycles. The van der Waals surface area contributed by atoms with Crippen molar-refractivity contribution >= 4 is 22.5 Å². The van der Waals surface area contributed by atoms with Gasteiger partial charge in [-0.05, 0) is 24.1 Å². The number of hydrogen-bond donors (Lipinski definition) is 0. The van der Waals surface area contributed by atoms with Crippen LogP contribution < -0.4 is 0 Å². The van der Waals surface area contributed by atoms with Crippen molar-refractivity contribution in [3.63, 3.8) is 0 Å². The molecule has 0 spiro atoms. The van der Waals surface area contributed by atoms with Gasteiger partial charge in [-0.1, -0.05) is 0 Å². The van der Waals surface area contributed by atoms with Crippen molar-refractivity contribution in [2.24, 2.45) is 0 Å². The highest BCUT2D eigenvalue weighted by atomic mass is 35.5. The lowest BCUT2D eigenvalue weighted by atomic mass is 10.1. The molecule has 1 heterocycles. The Morgan fingerprint density at radius 3 is 2.56 bits per heavy atom. The molecule has 0 radical (unpaired) electrons. The van der Waals surface area contributed by atoms with Crippen LogP contribution in [-0.4, -0.2) is 15.1 Å². The molecular formula is C8H5ClF2N2O3. The van der Waals surface area contributed by atoms with Crippen molar-refractivity contribution in [2.45, 2.75) is 13.3 Å². The number of aromatic nitrogens is 1. The lowest BCUT2D eigenvalue weighted by molar-refractivity contribution is -0.385. The highest BCUT2D eigenvalue weighted by molar-refractivity contribution is 6.68. The third-order valence-corrected chi connectivity index (χ3v) is 2.13. The second kappa shape index (κ2) is 4.48. The summed E-state index contributed by atoms with van der Waals surface area (Å²) in [6, 6.07) is 0. The standard InChI is InChI=1S/C8H5ClF2N2O3/c1-3-5(7(9)14)4(13(15)16)2-12-6(3)8(10)11/h2,8H,1H3. The Hall–Kier alpha value is -1.63. The van der Waals surface area contributed by atoms with Crippen LogP contribution in [0.3, 0.4) is 0 Å². The fourth-order valence-electron chi connectivity index (χ4n) is 1.22. The number of nitro groups is 1. The monoisotopic (exact) mass is 250 g/mol. The van der Waals surface area contributed by atoms with Crippen molar-refractivity contribution in [2.75, 3.05) is 0 Å². The molecule has 0 amide bonds. The van der Waals surface area contributed by atoms with E-state index >= 15 is 0 Å². The van der Waals surface area contributed by atoms with E-state index in [1.807, 2.05) is 0 Å². The predicted octanol–water partition coefficient (Wildman–Crippen LogP) is 2.61. The van der Waals surface area contributed by atoms with Gasteiger partial charge in [0.15, 0.2) is 0 Å². The van der Waals surface area contributed by atoms with E-state index in [0.717, 1.165) is 6.92 Å². The number of nitrogens with zero attached hydrogens (tertiary/aromatic N) is 2. The highest BCUT2D eigenvalue weighted by Crippen LogP contribution is 2.29. The molecule has 0 saturated carbocycles. The Bertz CT molecular complexity index is 465. The van der Waals surface area contributed by atoms with Gasteiger partial charge in [0.1, 0.15) is 17.5 Å². The van der Waals surface area contributed by atoms with Gasteiger partial charge in [0.05, 0.1) is 4.92 Å². The quantitative estimate of drug-likeness (QED) is 0.469. The first-order valence-corrected chi connectivity index (χ1v) is 4.36. The van der Waals surface area contributed by atoms with Crippen molar-refractivity contribution in [1.82, 2.24) is 4.98 Å². The maximum Gasteiger partial charge on any atom is 0.299 e. The zero-order valence-electron chi connectivity index (χ0n) is 7.91. The molecule has 0 fully saturated rings. The van der Waals surface area contributed by atoms with Gasteiger partial charge in [0, 0.05) is 0 Å². The van der Waals surface area contributed by atoms with E-state index in [4.69, 9.17) is 11.6 Å². The molecule has 0 aliphatic heterocycles. The molecule has 0 aliphatic carbocycles. The molecule has 0 saturated heterocycles. The molecule has 86 valence electrons. The number of carbonyl (C=O) groups excluding carboxylic acids is 1. The Morgan fingerprint density at radius 2 is 2.19 bits per heavy atom. The number of hydrogen-bond acceptors (Lipinski definition) is 4. The summed E-state index contributed by atoms with van der Waals surface area (Å²) in [4.78, 5) is 23.8. The van der Waals surface area contributed by atoms with E-state index in [0.29, 0.717) is 6.20 Å². The maximum atomic E-state index is 12.4. The van der Waals surface area contributed by atoms with E-state index in [1.165, 1.54) is 0 Å². The SMILES string of the molecule is Cc1c(C(F)F)ncc([N+](=O)[O-])c1C(=O)Cl. The summed E-state index contributed by atoms with van der Waals surface area (Å²) in [5.74, 6) is 0. The number of rotatable bonds is 3. The van der Waals surface area contributed by atoms with Crippen LogP contribution in [0.5, 0.6) is 0 Å². The molecule has 0 unspecified atom stereocenters. The van der Waals surface area contributed by atoms with Crippen LogP contribution in [0.15, 0.2) is 6.20 Å². The van der Waals surface area contributed by atoms with Gasteiger partial charge >= 0.3 is 0 Å². The molecule has 0 atom stereocenters. The fraction of sp³-hybridized carbons (Fsp3) is 0.250. The zero-order chi connectivity index (χ0) is 12.5. The van der Waals surface area contributed by atoms with Crippen molar-refractivity contribution in [3.8, 4) is 0 Å². The second-order valence-electron chi connectivity index (χ2n) is 2.86. The normalized spacial score (nSPS) is 10.6. The Morgan fingerprint density at radius 1 is 1.62 bits per heavy atom. The van der Waals surface area contributed by atoms with Gasteiger partial charge in [0.25, 0.3) is 17.4 Å². The first-order chi connectivity index (χ1) is 7.36. The van der Waals surface area contributed by atoms with Crippen LogP contribution >= 0.6 is 11.6 Å². The van der Waals surface area contributed by atoms with Crippen molar-refractivity contribution in [1.29, 1.82) is 0 Å². The summed E-state index contributed by atoms with van der Waals surface area (Å²) in [6.07, 6.45) is -2.32. The summed E-state index contributed by atoms with van der Waals surface area (Å²) in [7, 11) is 0. The molecule has 0 aromatic carbocycles. The van der Waals surface area contributed by atoms with Crippen molar-refractivity contribution < 1.29 is 18.5 Å². The molecule has 0 aliphatic rings. The first-order valence-electron chi connectivity index (χ1n) is 3.98. The third kappa shape index (κ3) is 2.13. The third-order valence-electron chi connectivity index (χ3n) is 1.94. The summed E-state index contributed by atoms with van der Waals surface area (Å²) >= 11 is 5.12. The highest BCUT2D eigenvalue weighted by Gasteiger charge is 2.27. The van der Waals surface area contributed by atoms with Gasteiger partial charge in [0.2, 0.25) is 0 Å². The molecule has 8 heteroatoms. The summed E-state index contributed by atoms with van der Waals surface area (Å²) in [6.45, 7) is 1.14. The zero-order valence-corrected chi connectivity index (χ0v) is 8.66. The van der Waals surface area contributed by atoms with E-state index in [-0.39, 0.29) is 5.56 Å². The predicted molar refractivity (Wildman–Crippen MR) is 50.8 cm³/mol. The van der Waals surface area contributed by atoms with Gasteiger partial charge < -0.3 is 0 Å². The lowest BCUT2D eigenvalue weighted by Crippen LogP contribution is -2.06. The van der Waals surface area contributed by atoms with Crippen LogP contribution in [0.2, 0.25) is 0 Å². The number of pyridine rings is 1. The van der Waals surface area contributed by atoms with E-state index in [9.17, 15) is 23.7 Å². The minimum absolute atomic E-state index is 0.274. The van der Waals surface area contributed by atoms with Crippen LogP contribution in [0.4, 0.5) is 14.5 Å². The minimum atomic E-state index is -2.92. The molecule has 0 bridgehead atoms. The minimum Gasteiger partial charge on any atom is -0.275 e. The van der Waals surface area contributed by atoms with E-state index < -0.39 is 33.5 Å². The number of halogens is 3. The molecule has 1 rings (SSSR count). The molecular weight excluding hydrogens is 246 g/mol. The van der Waals surface area contributed by atoms with E-state index in [2.05, 4.69) is 4.98 Å². The van der Waals surface area contributed by atoms with Crippen LogP contribution in [0.1, 0.15) is 28.0 Å². The second-order valence-corrected chi connectivity index (χ2v) is 3.20. The first kappa shape index (κ1) is 12.4. The van der Waals surface area contributed by atoms with Gasteiger partial charge in [-0.15, -0.1) is 0 Å². The Labute approximate surface area is 93.2 Å². The van der Waals surface area contributed by atoms with Crippen LogP contribution in [-0.2, 0) is 0 Å². The Balaban J connectivity index is 3.54. The maximum absolute atomic E-state index is 12.4. The van der Waals surface area contributed by atoms with Gasteiger partial charge in [-0.3, -0.25) is 14.9 Å². The van der Waals surface area contributed by atoms with Crippen molar-refractivity contribution in [3.05, 3.63) is 33.1 Å².